The molecule has 1 rings (SSSR count). The molecule has 0 N–H and O–H groups in total. The van der Waals surface area contributed by atoms with E-state index in [2.05, 4.69) is 50.7 Å². The Morgan fingerprint density at radius 3 is 2.77 bits per heavy atom. The van der Waals surface area contributed by atoms with E-state index in [0.717, 1.165) is 16.8 Å². The normalized spacial score (nSPS) is 10.3. The highest BCUT2D eigenvalue weighted by atomic mass is 127. The lowest BCUT2D eigenvalue weighted by molar-refractivity contribution is 0.317. The predicted octanol–water partition coefficient (Wildman–Crippen LogP) is 2.61. The molecule has 1 nitrogen and oxygen atoms in total. The second-order valence-electron chi connectivity index (χ2n) is 2.81. The highest BCUT2D eigenvalue weighted by Crippen LogP contribution is 2.22. The molecule has 0 aliphatic carbocycles. The molecule has 0 unspecified atom stereocenters. The van der Waals surface area contributed by atoms with Gasteiger partial charge in [0, 0.05) is 18.3 Å². The van der Waals surface area contributed by atoms with E-state index in [1.54, 1.807) is 0 Å². The van der Waals surface area contributed by atoms with Crippen molar-refractivity contribution < 1.29 is 4.74 Å². The largest absolute Gasteiger partial charge is 0.494 e. The van der Waals surface area contributed by atoms with Crippen molar-refractivity contribution in [1.29, 1.82) is 0 Å². The average molecular weight is 371 g/mol. The van der Waals surface area contributed by atoms with Crippen molar-refractivity contribution in [3.05, 3.63) is 26.2 Å². The Morgan fingerprint density at radius 1 is 1.38 bits per heavy atom. The van der Waals surface area contributed by atoms with Crippen molar-refractivity contribution in [2.75, 3.05) is 6.61 Å². The van der Waals surface area contributed by atoms with E-state index in [-0.39, 0.29) is 0 Å². The fraction of sp³-hybridized carbons (Fsp3) is 0.333. The summed E-state index contributed by atoms with van der Waals surface area (Å²) in [5, 5.41) is 0. The van der Waals surface area contributed by atoms with Gasteiger partial charge in [-0.25, -0.2) is 0 Å². The smallest absolute Gasteiger partial charge is 0.121 e. The van der Waals surface area contributed by atoms with Crippen LogP contribution in [0.1, 0.15) is 6.42 Å². The minimum atomic E-state index is 0.843. The topological polar surface area (TPSA) is 9.23 Å². The fourth-order valence-corrected chi connectivity index (χ4v) is 2.78. The zero-order valence-corrected chi connectivity index (χ0v) is 13.3. The summed E-state index contributed by atoms with van der Waals surface area (Å²) in [5.74, 6) is 0.967. The Hall–Kier alpha value is 0.447. The van der Waals surface area contributed by atoms with Gasteiger partial charge in [0.25, 0.3) is 0 Å². The van der Waals surface area contributed by atoms with E-state index < -0.39 is 0 Å². The molecule has 0 fully saturated rings. The molecule has 0 amide bonds. The lowest BCUT2D eigenvalue weighted by Crippen LogP contribution is -1.96. The summed E-state index contributed by atoms with van der Waals surface area (Å²) < 4.78 is 7.88. The van der Waals surface area contributed by atoms with Crippen LogP contribution < -0.4 is 4.74 Å². The van der Waals surface area contributed by atoms with Gasteiger partial charge in [-0.3, -0.25) is 0 Å². The second-order valence-corrected chi connectivity index (χ2v) is 5.97. The fourth-order valence-electron chi connectivity index (χ4n) is 0.946. The van der Waals surface area contributed by atoms with Crippen molar-refractivity contribution in [2.24, 2.45) is 0 Å². The number of hydrogen-bond acceptors (Lipinski definition) is 1. The van der Waals surface area contributed by atoms with Gasteiger partial charge in [-0.2, -0.15) is 0 Å². The molecule has 0 aromatic heterocycles. The van der Waals surface area contributed by atoms with Gasteiger partial charge >= 0.3 is 0 Å². The zero-order chi connectivity index (χ0) is 9.68. The first-order valence-electron chi connectivity index (χ1n) is 4.31. The Kier molecular flexibility index (Phi) is 5.34. The first-order valence-corrected chi connectivity index (χ1v) is 7.60. The van der Waals surface area contributed by atoms with Crippen LogP contribution in [-0.2, 0) is 0 Å². The molecule has 0 saturated heterocycles. The molecule has 0 aliphatic rings. The molecule has 0 heterocycles. The van der Waals surface area contributed by atoms with Gasteiger partial charge in [0.1, 0.15) is 5.75 Å². The van der Waals surface area contributed by atoms with Crippen LogP contribution in [0, 0.1) is 3.57 Å². The van der Waals surface area contributed by atoms with Crippen LogP contribution in [0.15, 0.2) is 22.7 Å². The number of rotatable bonds is 4. The molecular formula is C9H12BrIOSi. The molecule has 0 saturated carbocycles. The Labute approximate surface area is 104 Å². The molecule has 0 aliphatic heterocycles. The summed E-state index contributed by atoms with van der Waals surface area (Å²) >= 11 is 5.73. The van der Waals surface area contributed by atoms with Crippen molar-refractivity contribution >= 4 is 48.8 Å². The molecule has 4 heteroatoms. The van der Waals surface area contributed by atoms with E-state index in [9.17, 15) is 0 Å². The molecule has 1 aromatic rings. The molecule has 0 bridgehead atoms. The molecule has 0 atom stereocenters. The minimum Gasteiger partial charge on any atom is -0.494 e. The molecule has 13 heavy (non-hydrogen) atoms. The summed E-state index contributed by atoms with van der Waals surface area (Å²) in [6.45, 7) is 0.843. The molecule has 0 radical (unpaired) electrons. The van der Waals surface area contributed by atoms with Gasteiger partial charge in [0.05, 0.1) is 6.61 Å². The third kappa shape index (κ3) is 4.46. The maximum Gasteiger partial charge on any atom is 0.121 e. The lowest BCUT2D eigenvalue weighted by Gasteiger charge is -2.05. The van der Waals surface area contributed by atoms with Crippen molar-refractivity contribution in [3.8, 4) is 5.75 Å². The first-order chi connectivity index (χ1) is 6.22. The van der Waals surface area contributed by atoms with E-state index in [1.807, 2.05) is 6.07 Å². The monoisotopic (exact) mass is 370 g/mol. The van der Waals surface area contributed by atoms with Crippen LogP contribution in [0.4, 0.5) is 0 Å². The maximum absolute atomic E-state index is 5.60. The molecule has 72 valence electrons. The van der Waals surface area contributed by atoms with Gasteiger partial charge in [-0.1, -0.05) is 22.0 Å². The van der Waals surface area contributed by atoms with E-state index in [4.69, 9.17) is 4.74 Å². The third-order valence-corrected chi connectivity index (χ3v) is 3.39. The minimum absolute atomic E-state index is 0.843. The van der Waals surface area contributed by atoms with Crippen LogP contribution in [0.5, 0.6) is 5.75 Å². The standard InChI is InChI=1S/C9H12BrIOSi/c10-7-4-8(11)6-9(5-7)12-2-1-3-13/h4-6H,1-3H2,13H3. The number of ether oxygens (including phenoxy) is 1. The van der Waals surface area contributed by atoms with Crippen molar-refractivity contribution in [1.82, 2.24) is 0 Å². The lowest BCUT2D eigenvalue weighted by atomic mass is 10.3. The predicted molar refractivity (Wildman–Crippen MR) is 71.7 cm³/mol. The molecular weight excluding hydrogens is 359 g/mol. The Morgan fingerprint density at radius 2 is 2.15 bits per heavy atom. The summed E-state index contributed by atoms with van der Waals surface area (Å²) in [5.41, 5.74) is 0. The highest BCUT2D eigenvalue weighted by Gasteiger charge is 1.97. The maximum atomic E-state index is 5.60. The van der Waals surface area contributed by atoms with Gasteiger partial charge in [0.2, 0.25) is 0 Å². The zero-order valence-electron chi connectivity index (χ0n) is 7.52. The van der Waals surface area contributed by atoms with Crippen LogP contribution in [0.3, 0.4) is 0 Å². The highest BCUT2D eigenvalue weighted by molar-refractivity contribution is 14.1. The van der Waals surface area contributed by atoms with Gasteiger partial charge in [-0.15, -0.1) is 0 Å². The quantitative estimate of drug-likeness (QED) is 0.449. The number of hydrogen-bond donors (Lipinski definition) is 0. The Balaban J connectivity index is 2.56. The average Bonchev–Trinajstić information content (AvgIpc) is 2.03. The summed E-state index contributed by atoms with van der Waals surface area (Å²) in [6.07, 6.45) is 1.18. The van der Waals surface area contributed by atoms with Crippen LogP contribution in [-0.4, -0.2) is 16.8 Å². The second kappa shape index (κ2) is 6.03. The van der Waals surface area contributed by atoms with Gasteiger partial charge in [-0.05, 0) is 47.2 Å². The van der Waals surface area contributed by atoms with Crippen molar-refractivity contribution in [3.63, 3.8) is 0 Å². The number of benzene rings is 1. The van der Waals surface area contributed by atoms with Crippen molar-refractivity contribution in [2.45, 2.75) is 12.5 Å². The van der Waals surface area contributed by atoms with Gasteiger partial charge < -0.3 is 4.74 Å². The number of halogens is 2. The summed E-state index contributed by atoms with van der Waals surface area (Å²) in [7, 11) is 1.27. The third-order valence-electron chi connectivity index (χ3n) is 1.60. The molecule has 0 spiro atoms. The molecule has 1 aromatic carbocycles. The van der Waals surface area contributed by atoms with Crippen LogP contribution in [0.25, 0.3) is 0 Å². The van der Waals surface area contributed by atoms with Crippen LogP contribution >= 0.6 is 38.5 Å². The van der Waals surface area contributed by atoms with E-state index in [0.29, 0.717) is 0 Å². The SMILES string of the molecule is [SiH3]CCCOc1cc(Br)cc(I)c1. The van der Waals surface area contributed by atoms with E-state index >= 15 is 0 Å². The summed E-state index contributed by atoms with van der Waals surface area (Å²) in [4.78, 5) is 0. The van der Waals surface area contributed by atoms with E-state index in [1.165, 1.54) is 26.3 Å². The first kappa shape index (κ1) is 11.5. The Bertz CT molecular complexity index is 260. The summed E-state index contributed by atoms with van der Waals surface area (Å²) in [6, 6.07) is 7.44. The van der Waals surface area contributed by atoms with Crippen LogP contribution in [0.2, 0.25) is 6.04 Å². The van der Waals surface area contributed by atoms with Gasteiger partial charge in [0.15, 0.2) is 0 Å².